The average molecular weight is 461 g/mol. The van der Waals surface area contributed by atoms with Crippen molar-refractivity contribution < 1.29 is 27.5 Å². The molecule has 0 aliphatic rings. The Morgan fingerprint density at radius 2 is 1.68 bits per heavy atom. The van der Waals surface area contributed by atoms with E-state index in [4.69, 9.17) is 9.47 Å². The van der Waals surface area contributed by atoms with Gasteiger partial charge < -0.3 is 9.47 Å². The van der Waals surface area contributed by atoms with Crippen LogP contribution in [0.5, 0.6) is 0 Å². The van der Waals surface area contributed by atoms with Crippen LogP contribution in [0.1, 0.15) is 38.3 Å². The van der Waals surface area contributed by atoms with Gasteiger partial charge in [0.25, 0.3) is 10.0 Å². The van der Waals surface area contributed by atoms with E-state index in [-0.39, 0.29) is 28.7 Å². The summed E-state index contributed by atoms with van der Waals surface area (Å²) in [6, 6.07) is 12.3. The molecule has 3 aromatic rings. The quantitative estimate of drug-likeness (QED) is 0.509. The molecule has 162 valence electrons. The van der Waals surface area contributed by atoms with E-state index in [1.165, 1.54) is 24.3 Å². The van der Waals surface area contributed by atoms with Crippen LogP contribution >= 0.6 is 11.3 Å². The van der Waals surface area contributed by atoms with Crippen molar-refractivity contribution in [2.75, 3.05) is 11.3 Å². The first-order valence-corrected chi connectivity index (χ1v) is 11.6. The number of nitrogens with one attached hydrogen (secondary N) is 1. The lowest BCUT2D eigenvalue weighted by Crippen LogP contribution is -2.13. The van der Waals surface area contributed by atoms with Crippen LogP contribution in [0.3, 0.4) is 0 Å². The molecule has 0 radical (unpaired) electrons. The van der Waals surface area contributed by atoms with Crippen LogP contribution in [0.4, 0.5) is 5.69 Å². The second-order valence-electron chi connectivity index (χ2n) is 6.44. The Balaban J connectivity index is 1.61. The van der Waals surface area contributed by atoms with Crippen LogP contribution in [0.25, 0.3) is 0 Å². The van der Waals surface area contributed by atoms with E-state index < -0.39 is 22.0 Å². The number of ether oxygens (including phenoxy) is 2. The molecule has 1 aromatic heterocycles. The number of aromatic nitrogens is 1. The summed E-state index contributed by atoms with van der Waals surface area (Å²) < 4.78 is 37.6. The summed E-state index contributed by atoms with van der Waals surface area (Å²) in [6.07, 6.45) is 0. The van der Waals surface area contributed by atoms with E-state index in [0.717, 1.165) is 16.9 Å². The van der Waals surface area contributed by atoms with Gasteiger partial charge in [-0.25, -0.2) is 23.0 Å². The highest BCUT2D eigenvalue weighted by Gasteiger charge is 2.17. The van der Waals surface area contributed by atoms with Crippen molar-refractivity contribution in [1.82, 2.24) is 4.98 Å². The number of esters is 2. The van der Waals surface area contributed by atoms with Crippen LogP contribution < -0.4 is 4.72 Å². The average Bonchev–Trinajstić information content (AvgIpc) is 3.23. The van der Waals surface area contributed by atoms with Crippen LogP contribution in [-0.4, -0.2) is 31.9 Å². The fourth-order valence-electron chi connectivity index (χ4n) is 2.49. The number of anilines is 1. The number of benzene rings is 2. The molecular weight excluding hydrogens is 440 g/mol. The van der Waals surface area contributed by atoms with Gasteiger partial charge in [-0.2, -0.15) is 0 Å². The molecule has 2 aromatic carbocycles. The van der Waals surface area contributed by atoms with Gasteiger partial charge in [0, 0.05) is 11.1 Å². The fourth-order valence-corrected chi connectivity index (χ4v) is 4.24. The van der Waals surface area contributed by atoms with Crippen molar-refractivity contribution in [2.24, 2.45) is 0 Å². The number of nitrogens with zero attached hydrogens (tertiary/aromatic N) is 1. The van der Waals surface area contributed by atoms with Gasteiger partial charge in [-0.05, 0) is 50.2 Å². The number of carbonyl (C=O) groups is 2. The minimum atomic E-state index is -3.79. The molecule has 0 fully saturated rings. The van der Waals surface area contributed by atoms with Crippen LogP contribution in [0.2, 0.25) is 0 Å². The summed E-state index contributed by atoms with van der Waals surface area (Å²) in [4.78, 5) is 27.9. The van der Waals surface area contributed by atoms with E-state index in [9.17, 15) is 18.0 Å². The predicted molar refractivity (Wildman–Crippen MR) is 116 cm³/mol. The van der Waals surface area contributed by atoms with Gasteiger partial charge in [0.1, 0.15) is 6.61 Å². The van der Waals surface area contributed by atoms with Gasteiger partial charge in [-0.1, -0.05) is 17.7 Å². The molecule has 1 heterocycles. The third kappa shape index (κ3) is 5.89. The maximum Gasteiger partial charge on any atom is 0.367 e. The molecule has 0 spiro atoms. The Morgan fingerprint density at radius 1 is 1.00 bits per heavy atom. The summed E-state index contributed by atoms with van der Waals surface area (Å²) in [5, 5.41) is 1.79. The molecule has 8 nitrogen and oxygen atoms in total. The van der Waals surface area contributed by atoms with Crippen LogP contribution in [0.15, 0.2) is 58.8 Å². The van der Waals surface area contributed by atoms with Crippen molar-refractivity contribution in [3.63, 3.8) is 0 Å². The first-order chi connectivity index (χ1) is 14.8. The maximum atomic E-state index is 12.5. The van der Waals surface area contributed by atoms with Crippen LogP contribution in [0, 0.1) is 6.92 Å². The summed E-state index contributed by atoms with van der Waals surface area (Å²) in [5.74, 6) is -1.16. The lowest BCUT2D eigenvalue weighted by Gasteiger charge is -2.09. The second kappa shape index (κ2) is 9.71. The summed E-state index contributed by atoms with van der Waals surface area (Å²) in [7, 11) is -3.79. The number of sulfonamides is 1. The highest BCUT2D eigenvalue weighted by atomic mass is 32.2. The van der Waals surface area contributed by atoms with Crippen molar-refractivity contribution >= 4 is 39.0 Å². The van der Waals surface area contributed by atoms with E-state index in [2.05, 4.69) is 9.71 Å². The number of aryl methyl sites for hydroxylation is 1. The predicted octanol–water partition coefficient (Wildman–Crippen LogP) is 3.79. The number of rotatable bonds is 8. The van der Waals surface area contributed by atoms with Gasteiger partial charge in [-0.15, -0.1) is 11.3 Å². The highest BCUT2D eigenvalue weighted by molar-refractivity contribution is 7.92. The third-order valence-electron chi connectivity index (χ3n) is 4.06. The smallest absolute Gasteiger partial charge is 0.367 e. The monoisotopic (exact) mass is 460 g/mol. The van der Waals surface area contributed by atoms with Gasteiger partial charge in [0.2, 0.25) is 5.01 Å². The normalized spacial score (nSPS) is 11.0. The molecule has 0 aliphatic heterocycles. The minimum Gasteiger partial charge on any atom is -0.461 e. The minimum absolute atomic E-state index is 0.0169. The molecule has 0 saturated carbocycles. The van der Waals surface area contributed by atoms with E-state index >= 15 is 0 Å². The number of thiazole rings is 1. The molecule has 0 unspecified atom stereocenters. The molecule has 31 heavy (non-hydrogen) atoms. The van der Waals surface area contributed by atoms with Gasteiger partial charge in [0.15, 0.2) is 0 Å². The standard InChI is InChI=1S/C21H20N2O6S2/c1-3-28-21(25)19-22-17(13-30-19)12-29-20(24)15-6-10-18(11-7-15)31(26,27)23-16-8-4-14(2)5-9-16/h4-11,13,23H,3,12H2,1-2H3. The van der Waals surface area contributed by atoms with Crippen LogP contribution in [-0.2, 0) is 26.1 Å². The lowest BCUT2D eigenvalue weighted by molar-refractivity contribution is 0.0468. The molecule has 0 saturated heterocycles. The second-order valence-corrected chi connectivity index (χ2v) is 8.98. The van der Waals surface area contributed by atoms with Gasteiger partial charge >= 0.3 is 11.9 Å². The first kappa shape index (κ1) is 22.4. The topological polar surface area (TPSA) is 112 Å². The fraction of sp³-hybridized carbons (Fsp3) is 0.190. The first-order valence-electron chi connectivity index (χ1n) is 9.26. The Kier molecular flexibility index (Phi) is 7.03. The maximum absolute atomic E-state index is 12.5. The van der Waals surface area contributed by atoms with E-state index in [1.54, 1.807) is 36.6 Å². The van der Waals surface area contributed by atoms with Crippen molar-refractivity contribution in [2.45, 2.75) is 25.3 Å². The van der Waals surface area contributed by atoms with E-state index in [1.807, 2.05) is 6.92 Å². The van der Waals surface area contributed by atoms with Gasteiger partial charge in [-0.3, -0.25) is 4.72 Å². The number of hydrogen-bond donors (Lipinski definition) is 1. The number of hydrogen-bond acceptors (Lipinski definition) is 8. The molecule has 0 amide bonds. The largest absolute Gasteiger partial charge is 0.461 e. The summed E-state index contributed by atoms with van der Waals surface area (Å²) >= 11 is 1.10. The Morgan fingerprint density at radius 3 is 2.32 bits per heavy atom. The molecule has 0 atom stereocenters. The zero-order chi connectivity index (χ0) is 22.4. The van der Waals surface area contributed by atoms with Crippen molar-refractivity contribution in [3.05, 3.63) is 75.7 Å². The molecular formula is C21H20N2O6S2. The van der Waals surface area contributed by atoms with Gasteiger partial charge in [0.05, 0.1) is 22.8 Å². The zero-order valence-corrected chi connectivity index (χ0v) is 18.5. The lowest BCUT2D eigenvalue weighted by atomic mass is 10.2. The molecule has 3 rings (SSSR count). The summed E-state index contributed by atoms with van der Waals surface area (Å²) in [5.41, 5.74) is 2.07. The third-order valence-corrected chi connectivity index (χ3v) is 6.33. The Labute approximate surface area is 183 Å². The molecule has 1 N–H and O–H groups in total. The zero-order valence-electron chi connectivity index (χ0n) is 16.8. The highest BCUT2D eigenvalue weighted by Crippen LogP contribution is 2.18. The SMILES string of the molecule is CCOC(=O)c1nc(COC(=O)c2ccc(S(=O)(=O)Nc3ccc(C)cc3)cc2)cs1. The molecule has 10 heteroatoms. The molecule has 0 bridgehead atoms. The van der Waals surface area contributed by atoms with Crippen molar-refractivity contribution in [1.29, 1.82) is 0 Å². The van der Waals surface area contributed by atoms with E-state index in [0.29, 0.717) is 11.4 Å². The Bertz CT molecular complexity index is 1170. The summed E-state index contributed by atoms with van der Waals surface area (Å²) in [6.45, 7) is 3.73. The van der Waals surface area contributed by atoms with Crippen molar-refractivity contribution in [3.8, 4) is 0 Å². The molecule has 0 aliphatic carbocycles. The Hall–Kier alpha value is -3.24. The number of carbonyl (C=O) groups excluding carboxylic acids is 2.